The Hall–Kier alpha value is -2.63. The predicted molar refractivity (Wildman–Crippen MR) is 108 cm³/mol. The maximum Gasteiger partial charge on any atom is 0.241 e. The molecule has 0 atom stereocenters. The highest BCUT2D eigenvalue weighted by molar-refractivity contribution is 6.40. The summed E-state index contributed by atoms with van der Waals surface area (Å²) in [4.78, 5) is 11.4. The number of aromatic amines is 1. The van der Waals surface area contributed by atoms with E-state index in [2.05, 4.69) is 9.97 Å². The van der Waals surface area contributed by atoms with Crippen LogP contribution in [0.25, 0.3) is 11.3 Å². The molecule has 137 valence electrons. The topological polar surface area (TPSA) is 44.4 Å². The number of H-pyrrole nitrogens is 1. The predicted octanol–water partition coefficient (Wildman–Crippen LogP) is 5.13. The Labute approximate surface area is 167 Å². The van der Waals surface area contributed by atoms with Gasteiger partial charge in [0.25, 0.3) is 0 Å². The van der Waals surface area contributed by atoms with Crippen molar-refractivity contribution in [1.82, 2.24) is 14.9 Å². The summed E-state index contributed by atoms with van der Waals surface area (Å²) in [5.74, 6) is 1.02. The van der Waals surface area contributed by atoms with Gasteiger partial charge in [-0.1, -0.05) is 83.9 Å². The maximum atomic E-state index is 6.47. The molecule has 0 bridgehead atoms. The second-order valence-corrected chi connectivity index (χ2v) is 6.71. The number of aromatic nitrogens is 2. The number of hydrogen-bond acceptors (Lipinski definition) is 4. The van der Waals surface area contributed by atoms with E-state index in [-0.39, 0.29) is 0 Å². The van der Waals surface area contributed by atoms with Crippen LogP contribution in [0.5, 0.6) is 5.88 Å². The molecule has 0 fully saturated rings. The van der Waals surface area contributed by atoms with Gasteiger partial charge in [-0.05, 0) is 5.56 Å². The lowest BCUT2D eigenvalue weighted by Crippen LogP contribution is -2.21. The number of nitrogens with one attached hydrogen (secondary N) is 1. The smallest absolute Gasteiger partial charge is 0.241 e. The van der Waals surface area contributed by atoms with Gasteiger partial charge in [0.1, 0.15) is 16.0 Å². The van der Waals surface area contributed by atoms with Crippen molar-refractivity contribution < 1.29 is 4.74 Å². The van der Waals surface area contributed by atoms with E-state index < -0.39 is 0 Å². The molecule has 1 aliphatic rings. The Bertz CT molecular complexity index is 957. The van der Waals surface area contributed by atoms with Crippen LogP contribution in [0.4, 0.5) is 5.95 Å². The fraction of sp³-hybridized carbons (Fsp3) is 0.100. The van der Waals surface area contributed by atoms with Crippen molar-refractivity contribution in [2.24, 2.45) is 0 Å². The number of halogens is 2. The van der Waals surface area contributed by atoms with Crippen molar-refractivity contribution in [2.75, 3.05) is 12.0 Å². The van der Waals surface area contributed by atoms with Crippen molar-refractivity contribution in [3.05, 3.63) is 83.2 Å². The van der Waals surface area contributed by atoms with Gasteiger partial charge in [0, 0.05) is 12.1 Å². The van der Waals surface area contributed by atoms with E-state index in [0.29, 0.717) is 28.7 Å². The SMILES string of the molecule is COc1nc(N2[CH]N(Cc3ccccc3)C(Cl)=C2Cl)[nH]c1-c1ccccc1. The Balaban J connectivity index is 1.62. The molecule has 5 nitrogen and oxygen atoms in total. The third-order valence-electron chi connectivity index (χ3n) is 4.23. The van der Waals surface area contributed by atoms with Gasteiger partial charge in [0.15, 0.2) is 6.67 Å². The second kappa shape index (κ2) is 7.55. The minimum atomic E-state index is 0.378. The normalized spacial score (nSPS) is 14.2. The first-order valence-corrected chi connectivity index (χ1v) is 9.12. The molecule has 2 aromatic carbocycles. The van der Waals surface area contributed by atoms with Gasteiger partial charge < -0.3 is 14.6 Å². The van der Waals surface area contributed by atoms with Crippen LogP contribution in [0.15, 0.2) is 71.0 Å². The lowest BCUT2D eigenvalue weighted by molar-refractivity contribution is 0.401. The zero-order chi connectivity index (χ0) is 18.8. The van der Waals surface area contributed by atoms with Gasteiger partial charge >= 0.3 is 0 Å². The molecular formula is C20H17Cl2N4O. The largest absolute Gasteiger partial charge is 0.479 e. The number of benzene rings is 2. The van der Waals surface area contributed by atoms with Crippen LogP contribution >= 0.6 is 23.2 Å². The minimum absolute atomic E-state index is 0.378. The van der Waals surface area contributed by atoms with Crippen LogP contribution in [-0.4, -0.2) is 22.0 Å². The molecule has 1 radical (unpaired) electrons. The van der Waals surface area contributed by atoms with E-state index in [9.17, 15) is 0 Å². The van der Waals surface area contributed by atoms with E-state index in [1.54, 1.807) is 12.0 Å². The summed E-state index contributed by atoms with van der Waals surface area (Å²) in [6, 6.07) is 19.9. The highest BCUT2D eigenvalue weighted by atomic mass is 35.5. The molecule has 0 saturated heterocycles. The third-order valence-corrected chi connectivity index (χ3v) is 5.08. The van der Waals surface area contributed by atoms with E-state index in [0.717, 1.165) is 16.8 Å². The van der Waals surface area contributed by atoms with Gasteiger partial charge in [-0.3, -0.25) is 4.90 Å². The van der Waals surface area contributed by atoms with Crippen LogP contribution in [-0.2, 0) is 6.54 Å². The molecule has 0 aliphatic carbocycles. The quantitative estimate of drug-likeness (QED) is 0.603. The third kappa shape index (κ3) is 3.48. The second-order valence-electron chi connectivity index (χ2n) is 5.99. The Morgan fingerprint density at radius 2 is 1.63 bits per heavy atom. The number of rotatable bonds is 5. The molecule has 4 rings (SSSR count). The van der Waals surface area contributed by atoms with Gasteiger partial charge in [0.2, 0.25) is 11.8 Å². The van der Waals surface area contributed by atoms with Crippen molar-refractivity contribution in [2.45, 2.75) is 6.54 Å². The lowest BCUT2D eigenvalue weighted by atomic mass is 10.2. The average Bonchev–Trinajstić information content (AvgIpc) is 3.26. The highest BCUT2D eigenvalue weighted by Crippen LogP contribution is 2.38. The maximum absolute atomic E-state index is 6.47. The first-order valence-electron chi connectivity index (χ1n) is 8.37. The van der Waals surface area contributed by atoms with Gasteiger partial charge in [-0.15, -0.1) is 0 Å². The van der Waals surface area contributed by atoms with E-state index in [1.165, 1.54) is 0 Å². The fourth-order valence-electron chi connectivity index (χ4n) is 2.90. The molecule has 1 aromatic heterocycles. The summed E-state index contributed by atoms with van der Waals surface area (Å²) in [7, 11) is 1.59. The number of ether oxygens (including phenoxy) is 1. The van der Waals surface area contributed by atoms with Crippen LogP contribution < -0.4 is 9.64 Å². The molecule has 0 spiro atoms. The van der Waals surface area contributed by atoms with Gasteiger partial charge in [-0.2, -0.15) is 4.98 Å². The standard InChI is InChI=1S/C20H17Cl2N4O/c1-27-19-16(15-10-6-3-7-11-15)23-20(24-19)26-13-25(17(21)18(26)22)12-14-8-4-2-5-9-14/h2-11,13H,12H2,1H3,(H,23,24). The number of anilines is 1. The summed E-state index contributed by atoms with van der Waals surface area (Å²) >= 11 is 12.9. The molecule has 7 heteroatoms. The fourth-order valence-corrected chi connectivity index (χ4v) is 3.33. The molecule has 0 unspecified atom stereocenters. The van der Waals surface area contributed by atoms with E-state index in [4.69, 9.17) is 27.9 Å². The van der Waals surface area contributed by atoms with Crippen LogP contribution in [0.3, 0.4) is 0 Å². The summed E-state index contributed by atoms with van der Waals surface area (Å²) < 4.78 is 5.44. The lowest BCUT2D eigenvalue weighted by Gasteiger charge is -2.19. The molecule has 1 N–H and O–H groups in total. The minimum Gasteiger partial charge on any atom is -0.479 e. The van der Waals surface area contributed by atoms with Crippen molar-refractivity contribution in [3.8, 4) is 17.1 Å². The molecule has 2 heterocycles. The first-order chi connectivity index (χ1) is 13.2. The number of imidazole rings is 1. The number of hydrogen-bond donors (Lipinski definition) is 1. The highest BCUT2D eigenvalue weighted by Gasteiger charge is 2.31. The van der Waals surface area contributed by atoms with Gasteiger partial charge in [0.05, 0.1) is 7.11 Å². The van der Waals surface area contributed by atoms with Crippen molar-refractivity contribution in [1.29, 1.82) is 0 Å². The average molecular weight is 400 g/mol. The van der Waals surface area contributed by atoms with Crippen molar-refractivity contribution >= 4 is 29.2 Å². The Kier molecular flexibility index (Phi) is 4.97. The molecule has 0 saturated carbocycles. The Morgan fingerprint density at radius 3 is 2.30 bits per heavy atom. The van der Waals surface area contributed by atoms with Crippen molar-refractivity contribution in [3.63, 3.8) is 0 Å². The van der Waals surface area contributed by atoms with Crippen LogP contribution in [0.2, 0.25) is 0 Å². The number of nitrogens with zero attached hydrogens (tertiary/aromatic N) is 3. The van der Waals surface area contributed by atoms with Crippen LogP contribution in [0, 0.1) is 6.67 Å². The van der Waals surface area contributed by atoms with E-state index >= 15 is 0 Å². The molecule has 3 aromatic rings. The number of methoxy groups -OCH3 is 1. The van der Waals surface area contributed by atoms with Crippen LogP contribution in [0.1, 0.15) is 5.56 Å². The van der Waals surface area contributed by atoms with E-state index in [1.807, 2.05) is 72.2 Å². The zero-order valence-electron chi connectivity index (χ0n) is 14.6. The molecule has 1 aliphatic heterocycles. The molecule has 27 heavy (non-hydrogen) atoms. The zero-order valence-corrected chi connectivity index (χ0v) is 16.1. The molecular weight excluding hydrogens is 383 g/mol. The summed E-state index contributed by atoms with van der Waals surface area (Å²) in [5, 5.41) is 0.820. The first kappa shape index (κ1) is 17.8. The summed E-state index contributed by atoms with van der Waals surface area (Å²) in [6.07, 6.45) is 0. The molecule has 0 amide bonds. The summed E-state index contributed by atoms with van der Waals surface area (Å²) in [6.45, 7) is 2.43. The monoisotopic (exact) mass is 399 g/mol. The Morgan fingerprint density at radius 1 is 0.963 bits per heavy atom. The van der Waals surface area contributed by atoms with Gasteiger partial charge in [-0.25, -0.2) is 0 Å². The summed E-state index contributed by atoms with van der Waals surface area (Å²) in [5.41, 5.74) is 2.88.